The lowest BCUT2D eigenvalue weighted by atomic mass is 9.91. The number of carbonyl (C=O) groups excluding carboxylic acids is 3. The first kappa shape index (κ1) is 28.3. The molecule has 0 radical (unpaired) electrons. The Bertz CT molecular complexity index is 1410. The van der Waals surface area contributed by atoms with E-state index in [1.165, 1.54) is 30.9 Å². The number of hydrogen-bond donors (Lipinski definition) is 4. The summed E-state index contributed by atoms with van der Waals surface area (Å²) in [7, 11) is 0. The van der Waals surface area contributed by atoms with Crippen molar-refractivity contribution in [2.75, 3.05) is 11.9 Å². The maximum Gasteiger partial charge on any atom is 0.319 e. The van der Waals surface area contributed by atoms with E-state index in [0.29, 0.717) is 16.8 Å². The average Bonchev–Trinajstić information content (AvgIpc) is 2.96. The SMILES string of the molecule is CC(=O)c1cccc(NC(=O)NC(c2ccc(C(=O)NCCC(=O)O)cc2)c2ccc(C3=CCCCC3)cc2)c1. The number of hydrogen-bond acceptors (Lipinski definition) is 4. The summed E-state index contributed by atoms with van der Waals surface area (Å²) in [5.41, 5.74) is 5.52. The number of anilines is 1. The number of carboxylic acid groups (broad SMARTS) is 1. The summed E-state index contributed by atoms with van der Waals surface area (Å²) >= 11 is 0. The molecule has 0 saturated heterocycles. The number of allylic oxidation sites excluding steroid dienone is 2. The maximum atomic E-state index is 13.1. The van der Waals surface area contributed by atoms with Crippen molar-refractivity contribution in [2.45, 2.75) is 45.1 Å². The first-order valence-electron chi connectivity index (χ1n) is 13.4. The minimum absolute atomic E-state index is 0.0356. The molecule has 3 aromatic rings. The molecule has 0 spiro atoms. The van der Waals surface area contributed by atoms with Gasteiger partial charge < -0.3 is 21.1 Å². The molecule has 206 valence electrons. The Hall–Kier alpha value is -4.72. The molecule has 8 nitrogen and oxygen atoms in total. The van der Waals surface area contributed by atoms with E-state index in [9.17, 15) is 19.2 Å². The number of nitrogens with one attached hydrogen (secondary N) is 3. The first-order valence-corrected chi connectivity index (χ1v) is 13.4. The van der Waals surface area contributed by atoms with E-state index in [0.717, 1.165) is 24.0 Å². The summed E-state index contributed by atoms with van der Waals surface area (Å²) < 4.78 is 0. The normalized spacial score (nSPS) is 13.5. The van der Waals surface area contributed by atoms with Crippen LogP contribution in [0.4, 0.5) is 10.5 Å². The number of aliphatic carboxylic acids is 1. The van der Waals surface area contributed by atoms with Crippen LogP contribution >= 0.6 is 0 Å². The fourth-order valence-electron chi connectivity index (χ4n) is 4.68. The number of ketones is 1. The van der Waals surface area contributed by atoms with Crippen molar-refractivity contribution in [1.29, 1.82) is 0 Å². The van der Waals surface area contributed by atoms with Crippen LogP contribution in [0.25, 0.3) is 5.57 Å². The van der Waals surface area contributed by atoms with Gasteiger partial charge in [0.2, 0.25) is 0 Å². The molecule has 1 unspecified atom stereocenters. The molecule has 8 heteroatoms. The number of carbonyl (C=O) groups is 4. The minimum Gasteiger partial charge on any atom is -0.481 e. The first-order chi connectivity index (χ1) is 19.3. The van der Waals surface area contributed by atoms with Crippen LogP contribution in [-0.4, -0.2) is 35.3 Å². The molecule has 0 fully saturated rings. The number of urea groups is 1. The Morgan fingerprint density at radius 3 is 2.20 bits per heavy atom. The predicted molar refractivity (Wildman–Crippen MR) is 154 cm³/mol. The highest BCUT2D eigenvalue weighted by atomic mass is 16.4. The molecule has 1 atom stereocenters. The monoisotopic (exact) mass is 539 g/mol. The van der Waals surface area contributed by atoms with Gasteiger partial charge in [0.05, 0.1) is 12.5 Å². The standard InChI is InChI=1S/C32H33N3O5/c1-21(36)27-8-5-9-28(20-27)34-32(40)35-30(24-12-10-23(11-13-24)22-6-3-2-4-7-22)25-14-16-26(17-15-25)31(39)33-19-18-29(37)38/h5-6,8-17,20,30H,2-4,7,18-19H2,1H3,(H,33,39)(H,37,38)(H2,34,35,40). The van der Waals surface area contributed by atoms with Gasteiger partial charge in [-0.1, -0.05) is 54.6 Å². The fourth-order valence-corrected chi connectivity index (χ4v) is 4.68. The van der Waals surface area contributed by atoms with Crippen molar-refractivity contribution < 1.29 is 24.3 Å². The highest BCUT2D eigenvalue weighted by molar-refractivity contribution is 5.97. The Morgan fingerprint density at radius 2 is 1.57 bits per heavy atom. The maximum absolute atomic E-state index is 13.1. The van der Waals surface area contributed by atoms with Crippen LogP contribution in [0.1, 0.15) is 82.5 Å². The summed E-state index contributed by atoms with van der Waals surface area (Å²) in [6.45, 7) is 1.51. The van der Waals surface area contributed by atoms with Gasteiger partial charge in [0.25, 0.3) is 5.91 Å². The molecular weight excluding hydrogens is 506 g/mol. The molecule has 3 aromatic carbocycles. The molecule has 0 heterocycles. The molecule has 40 heavy (non-hydrogen) atoms. The van der Waals surface area contributed by atoms with Crippen LogP contribution in [0.2, 0.25) is 0 Å². The molecule has 1 aliphatic carbocycles. The number of amides is 3. The molecule has 4 rings (SSSR count). The van der Waals surface area contributed by atoms with E-state index in [4.69, 9.17) is 5.11 Å². The van der Waals surface area contributed by atoms with Crippen molar-refractivity contribution in [1.82, 2.24) is 10.6 Å². The zero-order chi connectivity index (χ0) is 28.5. The minimum atomic E-state index is -0.985. The van der Waals surface area contributed by atoms with E-state index in [-0.39, 0.29) is 24.7 Å². The summed E-state index contributed by atoms with van der Waals surface area (Å²) in [6, 6.07) is 20.7. The molecular formula is C32H33N3O5. The van der Waals surface area contributed by atoms with E-state index in [2.05, 4.69) is 34.2 Å². The average molecular weight is 540 g/mol. The third-order valence-electron chi connectivity index (χ3n) is 6.84. The number of rotatable bonds is 10. The van der Waals surface area contributed by atoms with Gasteiger partial charge in [0.1, 0.15) is 0 Å². The van der Waals surface area contributed by atoms with Crippen molar-refractivity contribution >= 4 is 35.0 Å². The highest BCUT2D eigenvalue weighted by Gasteiger charge is 2.19. The molecule has 0 bridgehead atoms. The van der Waals surface area contributed by atoms with Crippen LogP contribution < -0.4 is 16.0 Å². The quantitative estimate of drug-likeness (QED) is 0.237. The van der Waals surface area contributed by atoms with Crippen molar-refractivity contribution in [3.63, 3.8) is 0 Å². The molecule has 0 aromatic heterocycles. The fraction of sp³-hybridized carbons (Fsp3) is 0.250. The summed E-state index contributed by atoms with van der Waals surface area (Å²) in [4.78, 5) is 48.0. The second-order valence-corrected chi connectivity index (χ2v) is 9.79. The van der Waals surface area contributed by atoms with Crippen LogP contribution in [0, 0.1) is 0 Å². The summed E-state index contributed by atoms with van der Waals surface area (Å²) in [5, 5.41) is 17.2. The largest absolute Gasteiger partial charge is 0.481 e. The van der Waals surface area contributed by atoms with Gasteiger partial charge in [0, 0.05) is 23.4 Å². The number of Topliss-reactive ketones (excluding diaryl/α,β-unsaturated/α-hetero) is 1. The number of benzene rings is 3. The van der Waals surface area contributed by atoms with E-state index in [1.54, 1.807) is 48.5 Å². The highest BCUT2D eigenvalue weighted by Crippen LogP contribution is 2.29. The van der Waals surface area contributed by atoms with Gasteiger partial charge >= 0.3 is 12.0 Å². The van der Waals surface area contributed by atoms with Crippen LogP contribution in [0.3, 0.4) is 0 Å². The van der Waals surface area contributed by atoms with Gasteiger partial charge in [-0.2, -0.15) is 0 Å². The van der Waals surface area contributed by atoms with E-state index >= 15 is 0 Å². The summed E-state index contributed by atoms with van der Waals surface area (Å²) in [5.74, 6) is -1.45. The zero-order valence-corrected chi connectivity index (χ0v) is 22.4. The molecule has 3 amide bonds. The molecule has 0 aliphatic heterocycles. The second kappa shape index (κ2) is 13.4. The molecule has 4 N–H and O–H groups in total. The van der Waals surface area contributed by atoms with E-state index < -0.39 is 18.0 Å². The zero-order valence-electron chi connectivity index (χ0n) is 22.4. The van der Waals surface area contributed by atoms with Crippen molar-refractivity contribution in [3.8, 4) is 0 Å². The lowest BCUT2D eigenvalue weighted by molar-refractivity contribution is -0.136. The van der Waals surface area contributed by atoms with Gasteiger partial charge in [-0.05, 0) is 79.1 Å². The van der Waals surface area contributed by atoms with Crippen LogP contribution in [0.5, 0.6) is 0 Å². The smallest absolute Gasteiger partial charge is 0.319 e. The van der Waals surface area contributed by atoms with Crippen molar-refractivity contribution in [3.05, 3.63) is 107 Å². The Labute approximate surface area is 233 Å². The topological polar surface area (TPSA) is 125 Å². The van der Waals surface area contributed by atoms with Gasteiger partial charge in [-0.25, -0.2) is 4.79 Å². The Morgan fingerprint density at radius 1 is 0.875 bits per heavy atom. The van der Waals surface area contributed by atoms with Crippen LogP contribution in [0.15, 0.2) is 78.9 Å². The van der Waals surface area contributed by atoms with E-state index in [1.807, 2.05) is 12.1 Å². The second-order valence-electron chi connectivity index (χ2n) is 9.79. The van der Waals surface area contributed by atoms with Crippen LogP contribution in [-0.2, 0) is 4.79 Å². The number of carboxylic acids is 1. The summed E-state index contributed by atoms with van der Waals surface area (Å²) in [6.07, 6.45) is 6.66. The van der Waals surface area contributed by atoms with Gasteiger partial charge in [-0.3, -0.25) is 14.4 Å². The van der Waals surface area contributed by atoms with Gasteiger partial charge in [-0.15, -0.1) is 0 Å². The molecule has 1 aliphatic rings. The molecule has 0 saturated carbocycles. The predicted octanol–water partition coefficient (Wildman–Crippen LogP) is 5.96. The Kier molecular flexibility index (Phi) is 9.46. The lowest BCUT2D eigenvalue weighted by Crippen LogP contribution is -2.33. The Balaban J connectivity index is 1.55. The van der Waals surface area contributed by atoms with Crippen molar-refractivity contribution in [2.24, 2.45) is 0 Å². The lowest BCUT2D eigenvalue weighted by Gasteiger charge is -2.21. The third-order valence-corrected chi connectivity index (χ3v) is 6.84. The van der Waals surface area contributed by atoms with Gasteiger partial charge in [0.15, 0.2) is 5.78 Å². The third kappa shape index (κ3) is 7.66.